The van der Waals surface area contributed by atoms with Crippen molar-refractivity contribution in [2.24, 2.45) is 0 Å². The molecule has 0 aromatic heterocycles. The van der Waals surface area contributed by atoms with E-state index in [1.807, 2.05) is 4.93 Å². The second kappa shape index (κ2) is 6.80. The van der Waals surface area contributed by atoms with E-state index in [1.165, 1.54) is 12.8 Å². The molecule has 0 aliphatic heterocycles. The molecule has 0 aromatic rings. The summed E-state index contributed by atoms with van der Waals surface area (Å²) in [6.07, 6.45) is 15.9. The van der Waals surface area contributed by atoms with Crippen molar-refractivity contribution >= 4 is 22.6 Å². The summed E-state index contributed by atoms with van der Waals surface area (Å²) in [5.74, 6) is 0. The Morgan fingerprint density at radius 2 is 1.46 bits per heavy atom. The fraction of sp³-hybridized carbons (Fsp3) is 0.273. The molecule has 0 bridgehead atoms. The van der Waals surface area contributed by atoms with Gasteiger partial charge < -0.3 is 0 Å². The van der Waals surface area contributed by atoms with Crippen LogP contribution in [0.15, 0.2) is 44.2 Å². The maximum Gasteiger partial charge on any atom is -0.0121 e. The van der Waals surface area contributed by atoms with E-state index in [-0.39, 0.29) is 19.2 Å². The fourth-order valence-electron chi connectivity index (χ4n) is 1.29. The van der Waals surface area contributed by atoms with Gasteiger partial charge in [0.05, 0.1) is 0 Å². The van der Waals surface area contributed by atoms with Crippen molar-refractivity contribution in [3.8, 4) is 0 Å². The number of hydrogen-bond acceptors (Lipinski definition) is 0. The second-order valence-corrected chi connectivity index (χ2v) is 5.17. The Hall–Kier alpha value is 0.404. The Kier molecular flexibility index (Phi) is 6.00. The number of alkyl halides is 1. The van der Waals surface area contributed by atoms with Crippen LogP contribution in [0.4, 0.5) is 0 Å². The van der Waals surface area contributed by atoms with Crippen LogP contribution < -0.4 is 0 Å². The van der Waals surface area contributed by atoms with E-state index in [0.717, 1.165) is 0 Å². The van der Waals surface area contributed by atoms with E-state index >= 15 is 0 Å². The third kappa shape index (κ3) is 3.96. The number of allylic oxidation sites excluding steroid dienone is 8. The van der Waals surface area contributed by atoms with Gasteiger partial charge in [-0.2, -0.15) is 0 Å². The third-order valence-corrected chi connectivity index (χ3v) is 4.02. The molecule has 0 nitrogen and oxygen atoms in total. The van der Waals surface area contributed by atoms with E-state index in [0.29, 0.717) is 0 Å². The first kappa shape index (κ1) is 11.5. The normalized spacial score (nSPS) is 17.7. The smallest absolute Gasteiger partial charge is 0.0121 e. The van der Waals surface area contributed by atoms with Gasteiger partial charge in [0.15, 0.2) is 0 Å². The van der Waals surface area contributed by atoms with Crippen LogP contribution in [0, 0.1) is 0 Å². The molecule has 2 aliphatic carbocycles. The van der Waals surface area contributed by atoms with Crippen LogP contribution >= 0.6 is 22.6 Å². The predicted octanol–water partition coefficient (Wildman–Crippen LogP) is 3.81. The van der Waals surface area contributed by atoms with Crippen molar-refractivity contribution < 1.29 is 19.2 Å². The van der Waals surface area contributed by atoms with Gasteiger partial charge in [0.2, 0.25) is 0 Å². The van der Waals surface area contributed by atoms with E-state index in [9.17, 15) is 0 Å². The zero-order chi connectivity index (χ0) is 9.52. The van der Waals surface area contributed by atoms with Gasteiger partial charge >= 0.3 is 76.2 Å². The minimum absolute atomic E-state index is 0.0833. The van der Waals surface area contributed by atoms with E-state index in [1.54, 1.807) is 7.76 Å². The van der Waals surface area contributed by atoms with Crippen LogP contribution in [0.1, 0.15) is 12.8 Å². The summed E-state index contributed by atoms with van der Waals surface area (Å²) < 4.78 is 3.36. The van der Waals surface area contributed by atoms with Crippen LogP contribution in [0.2, 0.25) is 0 Å². The zero-order valence-corrected chi connectivity index (χ0v) is 11.5. The van der Waals surface area contributed by atoms with Crippen LogP contribution in [0.3, 0.4) is 0 Å². The molecule has 0 spiro atoms. The predicted molar refractivity (Wildman–Crippen MR) is 63.6 cm³/mol. The molecule has 0 amide bonds. The average Bonchev–Trinajstić information content (AvgIpc) is 2.81. The van der Waals surface area contributed by atoms with Gasteiger partial charge in [-0.3, -0.25) is 0 Å². The molecule has 13 heavy (non-hydrogen) atoms. The van der Waals surface area contributed by atoms with Crippen molar-refractivity contribution in [3.63, 3.8) is 0 Å². The molecular weight excluding hydrogens is 307 g/mol. The molecule has 0 unspecified atom stereocenters. The second-order valence-electron chi connectivity index (χ2n) is 2.77. The molecule has 0 heterocycles. The largest absolute Gasteiger partial charge is 0.0901 e. The molecule has 2 heteroatoms. The molecule has 0 saturated heterocycles. The van der Waals surface area contributed by atoms with Crippen molar-refractivity contribution in [2.45, 2.75) is 12.8 Å². The first-order valence-electron chi connectivity index (χ1n) is 4.31. The van der Waals surface area contributed by atoms with Gasteiger partial charge in [0.1, 0.15) is 0 Å². The van der Waals surface area contributed by atoms with Gasteiger partial charge in [-0.05, 0) is 4.93 Å². The van der Waals surface area contributed by atoms with Gasteiger partial charge in [-0.25, -0.2) is 0 Å². The summed E-state index contributed by atoms with van der Waals surface area (Å²) in [6, 6.07) is 0. The Labute approximate surface area is 103 Å². The zero-order valence-electron chi connectivity index (χ0n) is 7.76. The van der Waals surface area contributed by atoms with Gasteiger partial charge in [-0.15, -0.1) is 0 Å². The van der Waals surface area contributed by atoms with Crippen molar-refractivity contribution in [2.75, 3.05) is 4.93 Å². The average molecular weight is 320 g/mol. The molecule has 0 aromatic carbocycles. The Bertz CT molecular complexity index is 244. The molecule has 0 N–H and O–H groups in total. The van der Waals surface area contributed by atoms with E-state index in [4.69, 9.17) is 0 Å². The van der Waals surface area contributed by atoms with Gasteiger partial charge in [0, 0.05) is 0 Å². The molecule has 0 radical (unpaired) electrons. The SMILES string of the molecule is C1=CC[C]([Ti][C]2=CC=CC2)=C1.CI. The van der Waals surface area contributed by atoms with Crippen molar-refractivity contribution in [1.29, 1.82) is 0 Å². The van der Waals surface area contributed by atoms with Crippen molar-refractivity contribution in [3.05, 3.63) is 44.2 Å². The number of halogens is 1. The topological polar surface area (TPSA) is 0 Å². The van der Waals surface area contributed by atoms with E-state index < -0.39 is 0 Å². The maximum absolute atomic E-state index is 2.29. The molecular formula is C11H13ITi. The van der Waals surface area contributed by atoms with Crippen molar-refractivity contribution in [1.82, 2.24) is 0 Å². The first-order valence-corrected chi connectivity index (χ1v) is 8.03. The van der Waals surface area contributed by atoms with Crippen LogP contribution in [0.25, 0.3) is 0 Å². The molecule has 2 aliphatic rings. The summed E-state index contributed by atoms with van der Waals surface area (Å²) in [4.78, 5) is 1.97. The standard InChI is InChI=1S/2C5H5.CH3I.Ti/c2*1-2-4-5-3-1;1-2;/h2*1-3H,4H2;1H3;. The van der Waals surface area contributed by atoms with E-state index in [2.05, 4.69) is 59.0 Å². The monoisotopic (exact) mass is 320 g/mol. The summed E-state index contributed by atoms with van der Waals surface area (Å²) in [5, 5.41) is 0. The van der Waals surface area contributed by atoms with Gasteiger partial charge in [-0.1, -0.05) is 22.6 Å². The maximum atomic E-state index is 2.29. The number of hydrogen-bond donors (Lipinski definition) is 0. The number of rotatable bonds is 2. The minimum atomic E-state index is 0.0833. The summed E-state index contributed by atoms with van der Waals surface area (Å²) >= 11 is 2.23. The van der Waals surface area contributed by atoms with Gasteiger partial charge in [0.25, 0.3) is 0 Å². The molecule has 68 valence electrons. The van der Waals surface area contributed by atoms with Crippen LogP contribution in [0.5, 0.6) is 0 Å². The Morgan fingerprint density at radius 1 is 1.00 bits per heavy atom. The fourth-order valence-corrected chi connectivity index (χ4v) is 3.18. The molecule has 0 saturated carbocycles. The molecule has 2 rings (SSSR count). The molecule has 0 fully saturated rings. The molecule has 0 atom stereocenters. The van der Waals surface area contributed by atoms with Crippen LogP contribution in [-0.2, 0) is 19.2 Å². The third-order valence-electron chi connectivity index (χ3n) is 1.86. The minimum Gasteiger partial charge on any atom is -0.0901 e. The van der Waals surface area contributed by atoms with Crippen LogP contribution in [-0.4, -0.2) is 4.93 Å². The Balaban J connectivity index is 0.000000396. The Morgan fingerprint density at radius 3 is 1.77 bits per heavy atom. The summed E-state index contributed by atoms with van der Waals surface area (Å²) in [5.41, 5.74) is 0. The quantitative estimate of drug-likeness (QED) is 0.412. The summed E-state index contributed by atoms with van der Waals surface area (Å²) in [6.45, 7) is 0. The first-order chi connectivity index (χ1) is 6.45. The summed E-state index contributed by atoms with van der Waals surface area (Å²) in [7, 11) is 0.